The molecule has 4 heteroatoms. The highest BCUT2D eigenvalue weighted by atomic mass is 16.5. The van der Waals surface area contributed by atoms with Crippen LogP contribution in [0.3, 0.4) is 0 Å². The predicted octanol–water partition coefficient (Wildman–Crippen LogP) is 1.40. The lowest BCUT2D eigenvalue weighted by atomic mass is 9.90. The third kappa shape index (κ3) is 3.42. The lowest BCUT2D eigenvalue weighted by Gasteiger charge is -2.37. The summed E-state index contributed by atoms with van der Waals surface area (Å²) in [6.45, 7) is 3.65. The Morgan fingerprint density at radius 3 is 2.24 bits per heavy atom. The fourth-order valence-electron chi connectivity index (χ4n) is 2.43. The van der Waals surface area contributed by atoms with Gasteiger partial charge in [0, 0.05) is 26.2 Å². The molecule has 0 aliphatic heterocycles. The van der Waals surface area contributed by atoms with Crippen molar-refractivity contribution in [2.24, 2.45) is 0 Å². The van der Waals surface area contributed by atoms with E-state index in [0.717, 1.165) is 25.7 Å². The van der Waals surface area contributed by atoms with Crippen LogP contribution in [0, 0.1) is 0 Å². The van der Waals surface area contributed by atoms with Gasteiger partial charge in [0.2, 0.25) is 0 Å². The molecule has 0 aromatic rings. The van der Waals surface area contributed by atoms with Crippen molar-refractivity contribution in [3.8, 4) is 0 Å². The van der Waals surface area contributed by atoms with Crippen LogP contribution in [0.25, 0.3) is 0 Å². The zero-order valence-electron chi connectivity index (χ0n) is 11.7. The lowest BCUT2D eigenvalue weighted by Crippen LogP contribution is -2.50. The van der Waals surface area contributed by atoms with Gasteiger partial charge in [-0.2, -0.15) is 0 Å². The standard InChI is InChI=1S/C13H26N2O2/c1-13(2,17-5)12(16)15(4)11-8-6-10(14-3)7-9-11/h10-11,14H,6-9H2,1-5H3. The molecule has 0 unspecified atom stereocenters. The maximum Gasteiger partial charge on any atom is 0.254 e. The van der Waals surface area contributed by atoms with Crippen LogP contribution in [-0.2, 0) is 9.53 Å². The van der Waals surface area contributed by atoms with Gasteiger partial charge in [-0.1, -0.05) is 0 Å². The summed E-state index contributed by atoms with van der Waals surface area (Å²) in [4.78, 5) is 14.1. The van der Waals surface area contributed by atoms with Gasteiger partial charge in [-0.25, -0.2) is 0 Å². The van der Waals surface area contributed by atoms with Crippen LogP contribution in [0.4, 0.5) is 0 Å². The van der Waals surface area contributed by atoms with Crippen molar-refractivity contribution in [3.05, 3.63) is 0 Å². The number of hydrogen-bond acceptors (Lipinski definition) is 3. The van der Waals surface area contributed by atoms with Crippen molar-refractivity contribution in [2.45, 2.75) is 57.2 Å². The Bertz CT molecular complexity index is 258. The van der Waals surface area contributed by atoms with Gasteiger partial charge in [0.1, 0.15) is 5.60 Å². The molecule has 100 valence electrons. The van der Waals surface area contributed by atoms with E-state index < -0.39 is 5.60 Å². The molecule has 4 nitrogen and oxygen atoms in total. The first-order valence-corrected chi connectivity index (χ1v) is 6.42. The Balaban J connectivity index is 2.54. The SMILES string of the molecule is CNC1CCC(N(C)C(=O)C(C)(C)OC)CC1. The summed E-state index contributed by atoms with van der Waals surface area (Å²) < 4.78 is 5.25. The van der Waals surface area contributed by atoms with Gasteiger partial charge in [-0.15, -0.1) is 0 Å². The van der Waals surface area contributed by atoms with E-state index in [1.54, 1.807) is 7.11 Å². The number of nitrogens with one attached hydrogen (secondary N) is 1. The smallest absolute Gasteiger partial charge is 0.254 e. The van der Waals surface area contributed by atoms with Gasteiger partial charge in [-0.3, -0.25) is 4.79 Å². The van der Waals surface area contributed by atoms with E-state index in [9.17, 15) is 4.79 Å². The van der Waals surface area contributed by atoms with Gasteiger partial charge in [0.25, 0.3) is 5.91 Å². The Labute approximate surface area is 105 Å². The van der Waals surface area contributed by atoms with E-state index in [4.69, 9.17) is 4.74 Å². The zero-order valence-corrected chi connectivity index (χ0v) is 11.7. The zero-order chi connectivity index (χ0) is 13.1. The number of likely N-dealkylation sites (N-methyl/N-ethyl adjacent to an activating group) is 1. The minimum atomic E-state index is -0.714. The van der Waals surface area contributed by atoms with Crippen LogP contribution in [-0.4, -0.2) is 49.7 Å². The normalized spacial score (nSPS) is 25.7. The van der Waals surface area contributed by atoms with E-state index in [1.807, 2.05) is 32.8 Å². The molecule has 1 N–H and O–H groups in total. The first kappa shape index (κ1) is 14.5. The highest BCUT2D eigenvalue weighted by Crippen LogP contribution is 2.24. The summed E-state index contributed by atoms with van der Waals surface area (Å²) >= 11 is 0. The summed E-state index contributed by atoms with van der Waals surface area (Å²) in [5.41, 5.74) is -0.714. The number of carbonyl (C=O) groups is 1. The second-order valence-corrected chi connectivity index (χ2v) is 5.42. The molecule has 1 saturated carbocycles. The maximum absolute atomic E-state index is 12.2. The number of methoxy groups -OCH3 is 1. The average Bonchev–Trinajstić information content (AvgIpc) is 2.37. The summed E-state index contributed by atoms with van der Waals surface area (Å²) in [6, 6.07) is 0.978. The van der Waals surface area contributed by atoms with Gasteiger partial charge in [-0.05, 0) is 46.6 Å². The number of nitrogens with zero attached hydrogens (tertiary/aromatic N) is 1. The van der Waals surface area contributed by atoms with E-state index >= 15 is 0 Å². The van der Waals surface area contributed by atoms with Crippen LogP contribution in [0.1, 0.15) is 39.5 Å². The quantitative estimate of drug-likeness (QED) is 0.810. The van der Waals surface area contributed by atoms with Gasteiger partial charge >= 0.3 is 0 Å². The van der Waals surface area contributed by atoms with E-state index in [2.05, 4.69) is 5.32 Å². The lowest BCUT2D eigenvalue weighted by molar-refractivity contribution is -0.152. The van der Waals surface area contributed by atoms with E-state index in [0.29, 0.717) is 12.1 Å². The minimum Gasteiger partial charge on any atom is -0.369 e. The summed E-state index contributed by atoms with van der Waals surface area (Å²) in [5.74, 6) is 0.0768. The van der Waals surface area contributed by atoms with E-state index in [1.165, 1.54) is 0 Å². The van der Waals surface area contributed by atoms with Crippen molar-refractivity contribution in [3.63, 3.8) is 0 Å². The van der Waals surface area contributed by atoms with Crippen LogP contribution in [0.2, 0.25) is 0 Å². The molecular weight excluding hydrogens is 216 g/mol. The second-order valence-electron chi connectivity index (χ2n) is 5.42. The molecule has 1 aliphatic carbocycles. The first-order valence-electron chi connectivity index (χ1n) is 6.42. The molecule has 0 bridgehead atoms. The molecule has 1 amide bonds. The van der Waals surface area contributed by atoms with Crippen molar-refractivity contribution >= 4 is 5.91 Å². The van der Waals surface area contributed by atoms with Crippen molar-refractivity contribution in [1.29, 1.82) is 0 Å². The number of rotatable bonds is 4. The largest absolute Gasteiger partial charge is 0.369 e. The van der Waals surface area contributed by atoms with Crippen LogP contribution in [0.15, 0.2) is 0 Å². The predicted molar refractivity (Wildman–Crippen MR) is 69.0 cm³/mol. The highest BCUT2D eigenvalue weighted by molar-refractivity contribution is 5.84. The van der Waals surface area contributed by atoms with Crippen LogP contribution < -0.4 is 5.32 Å². The van der Waals surface area contributed by atoms with Gasteiger partial charge in [0.15, 0.2) is 0 Å². The number of hydrogen-bond donors (Lipinski definition) is 1. The molecule has 1 fully saturated rings. The number of amides is 1. The molecule has 0 radical (unpaired) electrons. The van der Waals surface area contributed by atoms with Crippen molar-refractivity contribution in [1.82, 2.24) is 10.2 Å². The van der Waals surface area contributed by atoms with Crippen molar-refractivity contribution < 1.29 is 9.53 Å². The topological polar surface area (TPSA) is 41.6 Å². The first-order chi connectivity index (χ1) is 7.92. The van der Waals surface area contributed by atoms with E-state index in [-0.39, 0.29) is 5.91 Å². The molecule has 17 heavy (non-hydrogen) atoms. The fourth-order valence-corrected chi connectivity index (χ4v) is 2.43. The Morgan fingerprint density at radius 2 is 1.82 bits per heavy atom. The van der Waals surface area contributed by atoms with Crippen LogP contribution >= 0.6 is 0 Å². The molecule has 0 heterocycles. The maximum atomic E-state index is 12.2. The molecular formula is C13H26N2O2. The molecule has 0 aromatic heterocycles. The third-order valence-electron chi connectivity index (χ3n) is 4.00. The Morgan fingerprint density at radius 1 is 1.29 bits per heavy atom. The van der Waals surface area contributed by atoms with Crippen molar-refractivity contribution in [2.75, 3.05) is 21.2 Å². The minimum absolute atomic E-state index is 0.0768. The molecule has 0 atom stereocenters. The number of ether oxygens (including phenoxy) is 1. The Kier molecular flexibility index (Phi) is 4.95. The summed E-state index contributed by atoms with van der Waals surface area (Å²) in [5, 5.41) is 3.31. The third-order valence-corrected chi connectivity index (χ3v) is 4.00. The molecule has 1 aliphatic rings. The van der Waals surface area contributed by atoms with Gasteiger partial charge < -0.3 is 15.0 Å². The second kappa shape index (κ2) is 5.83. The Hall–Kier alpha value is -0.610. The molecule has 0 aromatic carbocycles. The molecule has 0 spiro atoms. The summed E-state index contributed by atoms with van der Waals surface area (Å²) in [7, 11) is 5.49. The number of carbonyl (C=O) groups excluding carboxylic acids is 1. The van der Waals surface area contributed by atoms with Gasteiger partial charge in [0.05, 0.1) is 0 Å². The monoisotopic (exact) mass is 242 g/mol. The molecule has 1 rings (SSSR count). The fraction of sp³-hybridized carbons (Fsp3) is 0.923. The highest BCUT2D eigenvalue weighted by Gasteiger charge is 2.34. The average molecular weight is 242 g/mol. The summed E-state index contributed by atoms with van der Waals surface area (Å²) in [6.07, 6.45) is 4.44. The molecule has 0 saturated heterocycles. The van der Waals surface area contributed by atoms with Crippen LogP contribution in [0.5, 0.6) is 0 Å².